The first-order valence-electron chi connectivity index (χ1n) is 6.24. The van der Waals surface area contributed by atoms with Crippen LogP contribution in [-0.2, 0) is 4.74 Å². The quantitative estimate of drug-likeness (QED) is 0.893. The van der Waals surface area contributed by atoms with Gasteiger partial charge in [0.1, 0.15) is 5.60 Å². The number of carbonyl (C=O) groups excluding carboxylic acids is 1. The van der Waals surface area contributed by atoms with E-state index in [4.69, 9.17) is 22.1 Å². The van der Waals surface area contributed by atoms with Crippen LogP contribution in [0, 0.1) is 0 Å². The van der Waals surface area contributed by atoms with E-state index in [-0.39, 0.29) is 5.92 Å². The highest BCUT2D eigenvalue weighted by Crippen LogP contribution is 2.17. The third-order valence-corrected chi connectivity index (χ3v) is 2.77. The monoisotopic (exact) mass is 284 g/mol. The Hall–Kier alpha value is -1.26. The highest BCUT2D eigenvalue weighted by atomic mass is 35.5. The van der Waals surface area contributed by atoms with E-state index >= 15 is 0 Å². The van der Waals surface area contributed by atoms with Gasteiger partial charge < -0.3 is 15.8 Å². The third kappa shape index (κ3) is 5.94. The van der Waals surface area contributed by atoms with Gasteiger partial charge in [-0.15, -0.1) is 0 Å². The van der Waals surface area contributed by atoms with Gasteiger partial charge in [0, 0.05) is 24.0 Å². The first kappa shape index (κ1) is 15.8. The molecule has 0 aliphatic heterocycles. The Bertz CT molecular complexity index is 412. The normalized spacial score (nSPS) is 12.9. The Balaban J connectivity index is 2.54. The summed E-state index contributed by atoms with van der Waals surface area (Å²) in [5, 5.41) is 3.41. The Morgan fingerprint density at radius 3 is 2.42 bits per heavy atom. The summed E-state index contributed by atoms with van der Waals surface area (Å²) < 4.78 is 5.18. The Labute approximate surface area is 119 Å². The van der Waals surface area contributed by atoms with Crippen LogP contribution in [0.1, 0.15) is 32.3 Å². The Kier molecular flexibility index (Phi) is 5.63. The summed E-state index contributed by atoms with van der Waals surface area (Å²) in [5.74, 6) is 0.0461. The lowest BCUT2D eigenvalue weighted by Gasteiger charge is -2.21. The second-order valence-electron chi connectivity index (χ2n) is 5.37. The van der Waals surface area contributed by atoms with E-state index in [2.05, 4.69) is 5.32 Å². The maximum absolute atomic E-state index is 11.6. The number of hydrogen-bond donors (Lipinski definition) is 2. The van der Waals surface area contributed by atoms with Crippen molar-refractivity contribution in [1.82, 2.24) is 5.32 Å². The molecule has 4 nitrogen and oxygen atoms in total. The molecule has 3 N–H and O–H groups in total. The highest BCUT2D eigenvalue weighted by molar-refractivity contribution is 6.30. The summed E-state index contributed by atoms with van der Waals surface area (Å²) in [4.78, 5) is 11.6. The SMILES string of the molecule is CC(C)(C)OC(=O)NCC(CN)c1ccc(Cl)cc1. The number of nitrogens with one attached hydrogen (secondary N) is 1. The van der Waals surface area contributed by atoms with Gasteiger partial charge in [0.05, 0.1) is 0 Å². The molecular weight excluding hydrogens is 264 g/mol. The number of carbonyl (C=O) groups is 1. The summed E-state index contributed by atoms with van der Waals surface area (Å²) in [6, 6.07) is 7.45. The fourth-order valence-electron chi connectivity index (χ4n) is 1.59. The molecule has 0 aliphatic rings. The number of rotatable bonds is 4. The summed E-state index contributed by atoms with van der Waals surface area (Å²) in [6.07, 6.45) is -0.431. The maximum Gasteiger partial charge on any atom is 0.407 e. The average Bonchev–Trinajstić information content (AvgIpc) is 2.29. The van der Waals surface area contributed by atoms with Crippen LogP contribution >= 0.6 is 11.6 Å². The minimum absolute atomic E-state index is 0.0461. The molecule has 1 rings (SSSR count). The molecule has 1 aromatic carbocycles. The van der Waals surface area contributed by atoms with Crippen LogP contribution in [0.15, 0.2) is 24.3 Å². The van der Waals surface area contributed by atoms with Crippen molar-refractivity contribution in [3.05, 3.63) is 34.9 Å². The van der Waals surface area contributed by atoms with E-state index in [9.17, 15) is 4.79 Å². The Morgan fingerprint density at radius 1 is 1.37 bits per heavy atom. The Morgan fingerprint density at radius 2 is 1.95 bits per heavy atom. The first-order valence-corrected chi connectivity index (χ1v) is 6.62. The molecule has 0 spiro atoms. The number of benzene rings is 1. The van der Waals surface area contributed by atoms with Gasteiger partial charge in [-0.25, -0.2) is 4.79 Å². The van der Waals surface area contributed by atoms with Crippen molar-refractivity contribution in [1.29, 1.82) is 0 Å². The minimum atomic E-state index is -0.497. The van der Waals surface area contributed by atoms with Crippen LogP contribution < -0.4 is 11.1 Å². The van der Waals surface area contributed by atoms with Crippen molar-refractivity contribution in [3.63, 3.8) is 0 Å². The number of halogens is 1. The number of ether oxygens (including phenoxy) is 1. The van der Waals surface area contributed by atoms with Crippen LogP contribution in [-0.4, -0.2) is 24.8 Å². The van der Waals surface area contributed by atoms with Crippen molar-refractivity contribution in [2.24, 2.45) is 5.73 Å². The van der Waals surface area contributed by atoms with E-state index in [1.807, 2.05) is 45.0 Å². The summed E-state index contributed by atoms with van der Waals surface area (Å²) in [7, 11) is 0. The highest BCUT2D eigenvalue weighted by Gasteiger charge is 2.17. The molecule has 1 amide bonds. The number of amides is 1. The standard InChI is InChI=1S/C14H21ClN2O2/c1-14(2,3)19-13(18)17-9-11(8-16)10-4-6-12(15)7-5-10/h4-7,11H,8-9,16H2,1-3H3,(H,17,18). The average molecular weight is 285 g/mol. The van der Waals surface area contributed by atoms with Gasteiger partial charge >= 0.3 is 6.09 Å². The van der Waals surface area contributed by atoms with E-state index in [0.29, 0.717) is 18.1 Å². The van der Waals surface area contributed by atoms with Gasteiger partial charge in [-0.1, -0.05) is 23.7 Å². The van der Waals surface area contributed by atoms with Gasteiger partial charge in [-0.05, 0) is 38.5 Å². The van der Waals surface area contributed by atoms with Crippen molar-refractivity contribution >= 4 is 17.7 Å². The molecule has 1 unspecified atom stereocenters. The molecule has 0 aromatic heterocycles. The lowest BCUT2D eigenvalue weighted by molar-refractivity contribution is 0.0525. The molecule has 0 heterocycles. The molecule has 5 heteroatoms. The van der Waals surface area contributed by atoms with E-state index in [1.54, 1.807) is 0 Å². The lowest BCUT2D eigenvalue weighted by atomic mass is 9.99. The zero-order valence-corrected chi connectivity index (χ0v) is 12.3. The summed E-state index contributed by atoms with van der Waals surface area (Å²) in [5.41, 5.74) is 6.28. The number of nitrogens with two attached hydrogens (primary N) is 1. The van der Waals surface area contributed by atoms with Crippen LogP contribution in [0.4, 0.5) is 4.79 Å². The zero-order valence-electron chi connectivity index (χ0n) is 11.6. The van der Waals surface area contributed by atoms with Crippen molar-refractivity contribution in [3.8, 4) is 0 Å². The fourth-order valence-corrected chi connectivity index (χ4v) is 1.72. The predicted molar refractivity (Wildman–Crippen MR) is 77.5 cm³/mol. The minimum Gasteiger partial charge on any atom is -0.444 e. The van der Waals surface area contributed by atoms with E-state index in [1.165, 1.54) is 0 Å². The zero-order chi connectivity index (χ0) is 14.5. The summed E-state index contributed by atoms with van der Waals surface area (Å²) in [6.45, 7) is 6.36. The van der Waals surface area contributed by atoms with Gasteiger partial charge in [0.15, 0.2) is 0 Å². The van der Waals surface area contributed by atoms with Gasteiger partial charge in [-0.2, -0.15) is 0 Å². The molecule has 0 aliphatic carbocycles. The number of hydrogen-bond acceptors (Lipinski definition) is 3. The topological polar surface area (TPSA) is 64.3 Å². The second kappa shape index (κ2) is 6.78. The van der Waals surface area contributed by atoms with Crippen molar-refractivity contribution in [2.75, 3.05) is 13.1 Å². The molecule has 1 aromatic rings. The molecule has 0 radical (unpaired) electrons. The fraction of sp³-hybridized carbons (Fsp3) is 0.500. The molecule has 0 fully saturated rings. The van der Waals surface area contributed by atoms with Crippen molar-refractivity contribution in [2.45, 2.75) is 32.3 Å². The van der Waals surface area contributed by atoms with E-state index in [0.717, 1.165) is 5.56 Å². The summed E-state index contributed by atoms with van der Waals surface area (Å²) >= 11 is 5.84. The van der Waals surface area contributed by atoms with Gasteiger partial charge in [0.2, 0.25) is 0 Å². The second-order valence-corrected chi connectivity index (χ2v) is 5.80. The molecular formula is C14H21ClN2O2. The lowest BCUT2D eigenvalue weighted by Crippen LogP contribution is -2.36. The van der Waals surface area contributed by atoms with E-state index < -0.39 is 11.7 Å². The largest absolute Gasteiger partial charge is 0.444 e. The van der Waals surface area contributed by atoms with Crippen molar-refractivity contribution < 1.29 is 9.53 Å². The predicted octanol–water partition coefficient (Wildman–Crippen LogP) is 2.91. The van der Waals surface area contributed by atoms with Gasteiger partial charge in [-0.3, -0.25) is 0 Å². The smallest absolute Gasteiger partial charge is 0.407 e. The third-order valence-electron chi connectivity index (χ3n) is 2.52. The molecule has 0 saturated heterocycles. The number of alkyl carbamates (subject to hydrolysis) is 1. The van der Waals surface area contributed by atoms with Crippen LogP contribution in [0.2, 0.25) is 5.02 Å². The van der Waals surface area contributed by atoms with Gasteiger partial charge in [0.25, 0.3) is 0 Å². The molecule has 0 bridgehead atoms. The molecule has 0 saturated carbocycles. The maximum atomic E-state index is 11.6. The molecule has 19 heavy (non-hydrogen) atoms. The van der Waals surface area contributed by atoms with Crippen LogP contribution in [0.3, 0.4) is 0 Å². The van der Waals surface area contributed by atoms with Crippen LogP contribution in [0.5, 0.6) is 0 Å². The molecule has 1 atom stereocenters. The van der Waals surface area contributed by atoms with Crippen LogP contribution in [0.25, 0.3) is 0 Å². The first-order chi connectivity index (χ1) is 8.81. The molecule has 106 valence electrons.